The molecule has 0 bridgehead atoms. The van der Waals surface area contributed by atoms with Crippen LogP contribution in [-0.2, 0) is 9.59 Å². The predicted molar refractivity (Wildman–Crippen MR) is 110 cm³/mol. The maximum absolute atomic E-state index is 13.2. The third kappa shape index (κ3) is 3.31. The molecule has 1 unspecified atom stereocenters. The Bertz CT molecular complexity index is 999. The number of carbonyl (C=O) groups is 2. The molecule has 0 N–H and O–H groups in total. The Balaban J connectivity index is 1.87. The molecular formula is C22H19Cl2NO3. The minimum Gasteiger partial charge on any atom is -0.497 e. The number of anilines is 1. The van der Waals surface area contributed by atoms with Gasteiger partial charge in [0, 0.05) is 35.1 Å². The molecule has 1 heterocycles. The molecule has 1 aliphatic heterocycles. The zero-order valence-corrected chi connectivity index (χ0v) is 16.9. The van der Waals surface area contributed by atoms with Crippen LogP contribution in [0.3, 0.4) is 0 Å². The average Bonchev–Trinajstić information content (AvgIpc) is 2.68. The number of amides is 1. The highest BCUT2D eigenvalue weighted by Gasteiger charge is 2.40. The van der Waals surface area contributed by atoms with Gasteiger partial charge in [0.2, 0.25) is 5.91 Å². The summed E-state index contributed by atoms with van der Waals surface area (Å²) in [6, 6.07) is 12.6. The van der Waals surface area contributed by atoms with Gasteiger partial charge < -0.3 is 4.74 Å². The van der Waals surface area contributed by atoms with Gasteiger partial charge in [-0.3, -0.25) is 14.5 Å². The van der Waals surface area contributed by atoms with Gasteiger partial charge in [0.25, 0.3) is 0 Å². The summed E-state index contributed by atoms with van der Waals surface area (Å²) in [7, 11) is 1.60. The maximum atomic E-state index is 13.2. The maximum Gasteiger partial charge on any atom is 0.232 e. The molecule has 2 aliphatic rings. The SMILES string of the molecule is COc1cccc(C2CC(=O)N(c3ccc(Cl)cc3Cl)C3=C2C(=O)CCC3)c1. The van der Waals surface area contributed by atoms with E-state index in [1.54, 1.807) is 30.2 Å². The van der Waals surface area contributed by atoms with Gasteiger partial charge in [0.1, 0.15) is 5.75 Å². The molecule has 0 saturated carbocycles. The standard InChI is InChI=1S/C22H19Cl2NO3/c1-28-15-5-2-4-13(10-15)16-12-21(27)25(18-9-8-14(23)11-17(18)24)19-6-3-7-20(26)22(16)19/h2,4-5,8-11,16H,3,6-7,12H2,1H3. The lowest BCUT2D eigenvalue weighted by molar-refractivity contribution is -0.119. The first-order valence-corrected chi connectivity index (χ1v) is 9.93. The van der Waals surface area contributed by atoms with Gasteiger partial charge in [-0.05, 0) is 48.7 Å². The minimum atomic E-state index is -0.271. The zero-order valence-electron chi connectivity index (χ0n) is 15.4. The molecule has 1 amide bonds. The normalized spacial score (nSPS) is 19.7. The van der Waals surface area contributed by atoms with Crippen molar-refractivity contribution in [2.24, 2.45) is 0 Å². The van der Waals surface area contributed by atoms with E-state index in [-0.39, 0.29) is 24.0 Å². The van der Waals surface area contributed by atoms with Crippen LogP contribution in [0.4, 0.5) is 5.69 Å². The highest BCUT2D eigenvalue weighted by Crippen LogP contribution is 2.45. The third-order valence-corrected chi connectivity index (χ3v) is 5.86. The lowest BCUT2D eigenvalue weighted by atomic mass is 9.77. The summed E-state index contributed by atoms with van der Waals surface area (Å²) in [5.41, 5.74) is 2.95. The van der Waals surface area contributed by atoms with Crippen LogP contribution in [0.15, 0.2) is 53.7 Å². The summed E-state index contributed by atoms with van der Waals surface area (Å²) in [4.78, 5) is 27.7. The minimum absolute atomic E-state index is 0.0782. The van der Waals surface area contributed by atoms with Crippen molar-refractivity contribution in [3.63, 3.8) is 0 Å². The average molecular weight is 416 g/mol. The number of benzene rings is 2. The first-order chi connectivity index (χ1) is 13.5. The summed E-state index contributed by atoms with van der Waals surface area (Å²) < 4.78 is 5.33. The number of allylic oxidation sites excluding steroid dienone is 2. The first-order valence-electron chi connectivity index (χ1n) is 9.18. The van der Waals surface area contributed by atoms with Gasteiger partial charge in [-0.15, -0.1) is 0 Å². The number of ketones is 1. The molecule has 144 valence electrons. The summed E-state index contributed by atoms with van der Waals surface area (Å²) in [5.74, 6) is 0.452. The second-order valence-electron chi connectivity index (χ2n) is 7.00. The van der Waals surface area contributed by atoms with Crippen LogP contribution in [0.1, 0.15) is 37.2 Å². The monoisotopic (exact) mass is 415 g/mol. The molecule has 4 nitrogen and oxygen atoms in total. The van der Waals surface area contributed by atoms with Crippen molar-refractivity contribution in [1.82, 2.24) is 0 Å². The highest BCUT2D eigenvalue weighted by atomic mass is 35.5. The van der Waals surface area contributed by atoms with Gasteiger partial charge in [0.05, 0.1) is 17.8 Å². The van der Waals surface area contributed by atoms with E-state index in [1.807, 2.05) is 24.3 Å². The van der Waals surface area contributed by atoms with Gasteiger partial charge in [-0.25, -0.2) is 0 Å². The van der Waals surface area contributed by atoms with Crippen molar-refractivity contribution in [2.75, 3.05) is 12.0 Å². The van der Waals surface area contributed by atoms with Crippen LogP contribution in [0.2, 0.25) is 10.0 Å². The first kappa shape index (κ1) is 19.0. The van der Waals surface area contributed by atoms with Crippen LogP contribution in [0, 0.1) is 0 Å². The van der Waals surface area contributed by atoms with Crippen LogP contribution >= 0.6 is 23.2 Å². The van der Waals surface area contributed by atoms with Crippen LogP contribution in [0.25, 0.3) is 0 Å². The summed E-state index contributed by atoms with van der Waals surface area (Å²) in [5, 5.41) is 0.895. The second kappa shape index (κ2) is 7.61. The Morgan fingerprint density at radius 2 is 1.89 bits per heavy atom. The van der Waals surface area contributed by atoms with Crippen molar-refractivity contribution in [1.29, 1.82) is 0 Å². The Morgan fingerprint density at radius 3 is 2.64 bits per heavy atom. The number of hydrogen-bond donors (Lipinski definition) is 0. The van der Waals surface area contributed by atoms with Crippen molar-refractivity contribution < 1.29 is 14.3 Å². The van der Waals surface area contributed by atoms with E-state index in [4.69, 9.17) is 27.9 Å². The van der Waals surface area contributed by atoms with E-state index in [0.717, 1.165) is 17.7 Å². The molecule has 0 fully saturated rings. The van der Waals surface area contributed by atoms with E-state index in [0.29, 0.717) is 39.9 Å². The lowest BCUT2D eigenvalue weighted by Crippen LogP contribution is -2.40. The third-order valence-electron chi connectivity index (χ3n) is 5.32. The van der Waals surface area contributed by atoms with E-state index in [2.05, 4.69) is 0 Å². The molecule has 4 rings (SSSR count). The van der Waals surface area contributed by atoms with E-state index in [1.165, 1.54) is 0 Å². The predicted octanol–water partition coefficient (Wildman–Crippen LogP) is 5.53. The molecule has 0 spiro atoms. The van der Waals surface area contributed by atoms with Crippen molar-refractivity contribution in [3.05, 3.63) is 69.3 Å². The molecule has 1 atom stereocenters. The van der Waals surface area contributed by atoms with Gasteiger partial charge in [-0.2, -0.15) is 0 Å². The Kier molecular flexibility index (Phi) is 5.17. The van der Waals surface area contributed by atoms with Gasteiger partial charge in [0.15, 0.2) is 5.78 Å². The molecule has 2 aromatic rings. The fraction of sp³-hybridized carbons (Fsp3) is 0.273. The number of Topliss-reactive ketones (excluding diaryl/α,β-unsaturated/α-hetero) is 1. The van der Waals surface area contributed by atoms with E-state index < -0.39 is 0 Å². The van der Waals surface area contributed by atoms with Crippen molar-refractivity contribution in [2.45, 2.75) is 31.6 Å². The van der Waals surface area contributed by atoms with Gasteiger partial charge >= 0.3 is 0 Å². The number of ether oxygens (including phenoxy) is 1. The molecule has 0 radical (unpaired) electrons. The van der Waals surface area contributed by atoms with Crippen LogP contribution < -0.4 is 9.64 Å². The molecule has 2 aromatic carbocycles. The largest absolute Gasteiger partial charge is 0.497 e. The topological polar surface area (TPSA) is 46.6 Å². The van der Waals surface area contributed by atoms with Crippen molar-refractivity contribution >= 4 is 40.6 Å². The fourth-order valence-corrected chi connectivity index (χ4v) is 4.57. The highest BCUT2D eigenvalue weighted by molar-refractivity contribution is 6.37. The summed E-state index contributed by atoms with van der Waals surface area (Å²) >= 11 is 12.4. The number of hydrogen-bond acceptors (Lipinski definition) is 3. The molecule has 6 heteroatoms. The van der Waals surface area contributed by atoms with Crippen LogP contribution in [0.5, 0.6) is 5.75 Å². The molecule has 1 aliphatic carbocycles. The van der Waals surface area contributed by atoms with Gasteiger partial charge in [-0.1, -0.05) is 35.3 Å². The molecule has 28 heavy (non-hydrogen) atoms. The summed E-state index contributed by atoms with van der Waals surface area (Å²) in [6.45, 7) is 0. The fourth-order valence-electron chi connectivity index (χ4n) is 4.08. The number of carbonyl (C=O) groups excluding carboxylic acids is 2. The number of rotatable bonds is 3. The summed E-state index contributed by atoms with van der Waals surface area (Å²) in [6.07, 6.45) is 2.08. The quantitative estimate of drug-likeness (QED) is 0.661. The number of methoxy groups -OCH3 is 1. The Morgan fingerprint density at radius 1 is 1.07 bits per heavy atom. The lowest BCUT2D eigenvalue weighted by Gasteiger charge is -2.38. The molecular weight excluding hydrogens is 397 g/mol. The van der Waals surface area contributed by atoms with Crippen LogP contribution in [-0.4, -0.2) is 18.8 Å². The Hall–Kier alpha value is -2.30. The molecule has 0 saturated heterocycles. The number of nitrogens with zero attached hydrogens (tertiary/aromatic N) is 1. The smallest absolute Gasteiger partial charge is 0.232 e. The number of halogens is 2. The van der Waals surface area contributed by atoms with Crippen molar-refractivity contribution in [3.8, 4) is 5.75 Å². The molecule has 0 aromatic heterocycles. The Labute approximate surface area is 173 Å². The second-order valence-corrected chi connectivity index (χ2v) is 7.84. The van der Waals surface area contributed by atoms with E-state index in [9.17, 15) is 9.59 Å². The van der Waals surface area contributed by atoms with E-state index >= 15 is 0 Å². The zero-order chi connectivity index (χ0) is 19.8.